The number of carbonyl (C=O) groups excluding carboxylic acids is 1. The third-order valence-electron chi connectivity index (χ3n) is 6.10. The molecular weight excluding hydrogens is 402 g/mol. The molecule has 4 rings (SSSR count). The number of nitrogens with zero attached hydrogens (tertiary/aromatic N) is 4. The summed E-state index contributed by atoms with van der Waals surface area (Å²) < 4.78 is 3.38. The third-order valence-corrected chi connectivity index (χ3v) is 6.10. The molecule has 1 N–H and O–H groups in total. The highest BCUT2D eigenvalue weighted by Gasteiger charge is 2.27. The van der Waals surface area contributed by atoms with Crippen molar-refractivity contribution in [1.29, 1.82) is 0 Å². The minimum Gasteiger partial charge on any atom is -0.351 e. The molecule has 0 aliphatic carbocycles. The lowest BCUT2D eigenvalue weighted by atomic mass is 9.96. The smallest absolute Gasteiger partial charge is 0.346 e. The molecule has 7 heteroatoms. The molecular formula is C25H31N5O2. The molecule has 0 unspecified atom stereocenters. The van der Waals surface area contributed by atoms with E-state index < -0.39 is 0 Å². The lowest BCUT2D eigenvalue weighted by Gasteiger charge is -2.30. The van der Waals surface area contributed by atoms with Crippen LogP contribution in [0.4, 0.5) is 0 Å². The maximum Gasteiger partial charge on any atom is 0.346 e. The summed E-state index contributed by atoms with van der Waals surface area (Å²) in [6.45, 7) is 5.71. The summed E-state index contributed by atoms with van der Waals surface area (Å²) in [7, 11) is 0. The molecule has 1 aromatic heterocycles. The molecule has 1 saturated heterocycles. The number of likely N-dealkylation sites (tertiary alicyclic amines) is 1. The Morgan fingerprint density at radius 1 is 1.00 bits per heavy atom. The van der Waals surface area contributed by atoms with Gasteiger partial charge in [-0.15, -0.1) is 0 Å². The number of aromatic nitrogens is 3. The van der Waals surface area contributed by atoms with E-state index in [0.717, 1.165) is 42.9 Å². The Morgan fingerprint density at radius 2 is 1.62 bits per heavy atom. The highest BCUT2D eigenvalue weighted by Crippen LogP contribution is 2.26. The fraction of sp³-hybridized carbons (Fsp3) is 0.400. The fourth-order valence-corrected chi connectivity index (χ4v) is 4.32. The summed E-state index contributed by atoms with van der Waals surface area (Å²) in [6, 6.07) is 19.9. The first-order valence-corrected chi connectivity index (χ1v) is 11.4. The highest BCUT2D eigenvalue weighted by atomic mass is 16.2. The fourth-order valence-electron chi connectivity index (χ4n) is 4.32. The van der Waals surface area contributed by atoms with Crippen LogP contribution in [-0.2, 0) is 24.4 Å². The van der Waals surface area contributed by atoms with E-state index in [0.29, 0.717) is 26.2 Å². The number of carbonyl (C=O) groups is 1. The zero-order valence-corrected chi connectivity index (χ0v) is 18.6. The molecule has 1 aliphatic heterocycles. The first-order chi connectivity index (χ1) is 15.6. The molecule has 2 aromatic carbocycles. The summed E-state index contributed by atoms with van der Waals surface area (Å²) >= 11 is 0. The van der Waals surface area contributed by atoms with Gasteiger partial charge >= 0.3 is 5.69 Å². The second-order valence-electron chi connectivity index (χ2n) is 8.34. The van der Waals surface area contributed by atoms with Crippen molar-refractivity contribution in [2.75, 3.05) is 19.6 Å². The van der Waals surface area contributed by atoms with Crippen molar-refractivity contribution in [1.82, 2.24) is 24.6 Å². The number of hydrogen-bond acceptors (Lipinski definition) is 4. The van der Waals surface area contributed by atoms with Gasteiger partial charge in [-0.25, -0.2) is 9.48 Å². The Balaban J connectivity index is 1.33. The van der Waals surface area contributed by atoms with E-state index >= 15 is 0 Å². The molecule has 0 atom stereocenters. The van der Waals surface area contributed by atoms with Gasteiger partial charge in [-0.05, 0) is 44.0 Å². The van der Waals surface area contributed by atoms with Crippen LogP contribution in [0.3, 0.4) is 0 Å². The van der Waals surface area contributed by atoms with Crippen molar-refractivity contribution in [2.45, 2.75) is 45.3 Å². The van der Waals surface area contributed by atoms with E-state index in [1.54, 1.807) is 9.25 Å². The van der Waals surface area contributed by atoms with Gasteiger partial charge in [-0.2, -0.15) is 5.10 Å². The molecule has 0 bridgehead atoms. The Kier molecular flexibility index (Phi) is 7.17. The number of rotatable bonds is 8. The predicted octanol–water partition coefficient (Wildman–Crippen LogP) is 2.61. The van der Waals surface area contributed by atoms with E-state index in [1.165, 1.54) is 0 Å². The normalized spacial score (nSPS) is 15.0. The van der Waals surface area contributed by atoms with Crippen LogP contribution in [-0.4, -0.2) is 44.8 Å². The second kappa shape index (κ2) is 10.4. The maximum absolute atomic E-state index is 12.9. The van der Waals surface area contributed by atoms with Gasteiger partial charge in [0.25, 0.3) is 0 Å². The Hall–Kier alpha value is -3.19. The van der Waals surface area contributed by atoms with Crippen LogP contribution < -0.4 is 11.0 Å². The standard InChI is InChI=1S/C25H31N5O2/c1-2-29-24(27-30(25(29)32)18-21-11-7-4-8-12-21)22-13-15-28(16-14-22)19-23(31)26-17-20-9-5-3-6-10-20/h3-12,22H,2,13-19H2,1H3,(H,26,31). The van der Waals surface area contributed by atoms with Crippen molar-refractivity contribution >= 4 is 5.91 Å². The lowest BCUT2D eigenvalue weighted by Crippen LogP contribution is -2.41. The van der Waals surface area contributed by atoms with Crippen LogP contribution in [0.2, 0.25) is 0 Å². The summed E-state index contributed by atoms with van der Waals surface area (Å²) in [5.41, 5.74) is 2.12. The molecule has 32 heavy (non-hydrogen) atoms. The topological polar surface area (TPSA) is 72.2 Å². The molecule has 2 heterocycles. The Bertz CT molecular complexity index is 1070. The lowest BCUT2D eigenvalue weighted by molar-refractivity contribution is -0.122. The molecule has 1 aliphatic rings. The van der Waals surface area contributed by atoms with Crippen molar-refractivity contribution in [3.63, 3.8) is 0 Å². The summed E-state index contributed by atoms with van der Waals surface area (Å²) in [6.07, 6.45) is 1.79. The number of nitrogens with one attached hydrogen (secondary N) is 1. The predicted molar refractivity (Wildman–Crippen MR) is 124 cm³/mol. The zero-order chi connectivity index (χ0) is 22.3. The van der Waals surface area contributed by atoms with Gasteiger partial charge in [-0.3, -0.25) is 14.3 Å². The van der Waals surface area contributed by atoms with E-state index in [-0.39, 0.29) is 17.5 Å². The summed E-state index contributed by atoms with van der Waals surface area (Å²) in [5.74, 6) is 1.16. The molecule has 7 nitrogen and oxygen atoms in total. The van der Waals surface area contributed by atoms with Crippen LogP contribution in [0.15, 0.2) is 65.5 Å². The average Bonchev–Trinajstić information content (AvgIpc) is 3.14. The second-order valence-corrected chi connectivity index (χ2v) is 8.34. The van der Waals surface area contributed by atoms with E-state index in [1.807, 2.05) is 67.6 Å². The Labute approximate surface area is 188 Å². The molecule has 3 aromatic rings. The van der Waals surface area contributed by atoms with Gasteiger partial charge in [0.15, 0.2) is 0 Å². The van der Waals surface area contributed by atoms with Crippen LogP contribution >= 0.6 is 0 Å². The first kappa shape index (κ1) is 22.0. The zero-order valence-electron chi connectivity index (χ0n) is 18.6. The number of hydrogen-bond donors (Lipinski definition) is 1. The minimum atomic E-state index is -0.0472. The van der Waals surface area contributed by atoms with Gasteiger partial charge in [0.2, 0.25) is 5.91 Å². The van der Waals surface area contributed by atoms with Crippen molar-refractivity contribution in [3.05, 3.63) is 88.1 Å². The number of piperidine rings is 1. The van der Waals surface area contributed by atoms with Crippen molar-refractivity contribution in [3.8, 4) is 0 Å². The van der Waals surface area contributed by atoms with Crippen molar-refractivity contribution < 1.29 is 4.79 Å². The third kappa shape index (κ3) is 5.34. The summed E-state index contributed by atoms with van der Waals surface area (Å²) in [5, 5.41) is 7.72. The van der Waals surface area contributed by atoms with Crippen LogP contribution in [0.25, 0.3) is 0 Å². The van der Waals surface area contributed by atoms with Gasteiger partial charge in [-0.1, -0.05) is 60.7 Å². The quantitative estimate of drug-likeness (QED) is 0.593. The monoisotopic (exact) mass is 433 g/mol. The SMILES string of the molecule is CCn1c(C2CCN(CC(=O)NCc3ccccc3)CC2)nn(Cc2ccccc2)c1=O. The number of benzene rings is 2. The highest BCUT2D eigenvalue weighted by molar-refractivity contribution is 5.78. The Morgan fingerprint density at radius 3 is 2.25 bits per heavy atom. The van der Waals surface area contributed by atoms with Crippen molar-refractivity contribution in [2.24, 2.45) is 0 Å². The largest absolute Gasteiger partial charge is 0.351 e. The van der Waals surface area contributed by atoms with Crippen LogP contribution in [0.5, 0.6) is 0 Å². The molecule has 1 fully saturated rings. The minimum absolute atomic E-state index is 0.0462. The molecule has 168 valence electrons. The van der Waals surface area contributed by atoms with E-state index in [9.17, 15) is 9.59 Å². The van der Waals surface area contributed by atoms with Crippen LogP contribution in [0, 0.1) is 0 Å². The molecule has 0 saturated carbocycles. The molecule has 1 amide bonds. The van der Waals surface area contributed by atoms with E-state index in [4.69, 9.17) is 5.10 Å². The van der Waals surface area contributed by atoms with Gasteiger partial charge in [0, 0.05) is 19.0 Å². The van der Waals surface area contributed by atoms with Gasteiger partial charge in [0.1, 0.15) is 5.82 Å². The number of amides is 1. The van der Waals surface area contributed by atoms with E-state index in [2.05, 4.69) is 10.2 Å². The van der Waals surface area contributed by atoms with Crippen LogP contribution in [0.1, 0.15) is 42.6 Å². The summed E-state index contributed by atoms with van der Waals surface area (Å²) in [4.78, 5) is 27.4. The average molecular weight is 434 g/mol. The maximum atomic E-state index is 12.9. The van der Waals surface area contributed by atoms with Gasteiger partial charge < -0.3 is 5.32 Å². The molecule has 0 spiro atoms. The first-order valence-electron chi connectivity index (χ1n) is 11.4. The van der Waals surface area contributed by atoms with Gasteiger partial charge in [0.05, 0.1) is 13.1 Å². The molecule has 0 radical (unpaired) electrons.